The fourth-order valence-electron chi connectivity index (χ4n) is 3.99. The molecule has 8 nitrogen and oxygen atoms in total. The normalized spacial score (nSPS) is 14.6. The molecule has 9 heteroatoms. The fraction of sp³-hybridized carbons (Fsp3) is 0.304. The minimum absolute atomic E-state index is 0.279. The number of nitrogens with one attached hydrogen (secondary N) is 2. The first-order chi connectivity index (χ1) is 15.6. The number of ether oxygens (including phenoxy) is 1. The van der Waals surface area contributed by atoms with Gasteiger partial charge in [-0.1, -0.05) is 0 Å². The van der Waals surface area contributed by atoms with Gasteiger partial charge in [-0.3, -0.25) is 9.78 Å². The van der Waals surface area contributed by atoms with Crippen LogP contribution in [0.25, 0.3) is 16.1 Å². The summed E-state index contributed by atoms with van der Waals surface area (Å²) in [6.07, 6.45) is 5.71. The molecule has 1 aliphatic rings. The van der Waals surface area contributed by atoms with Crippen molar-refractivity contribution >= 4 is 28.4 Å². The lowest BCUT2D eigenvalue weighted by molar-refractivity contribution is 0.102. The third-order valence-corrected chi connectivity index (χ3v) is 6.58. The van der Waals surface area contributed by atoms with Gasteiger partial charge < -0.3 is 15.4 Å². The molecule has 0 atom stereocenters. The van der Waals surface area contributed by atoms with Crippen molar-refractivity contribution in [2.45, 2.75) is 25.7 Å². The van der Waals surface area contributed by atoms with Crippen molar-refractivity contribution in [1.29, 1.82) is 0 Å². The minimum atomic E-state index is -0.279. The summed E-state index contributed by atoms with van der Waals surface area (Å²) in [5.41, 5.74) is 4.81. The van der Waals surface area contributed by atoms with Crippen LogP contribution in [0.5, 0.6) is 5.75 Å². The molecule has 0 saturated carbocycles. The molecule has 0 radical (unpaired) electrons. The number of rotatable bonds is 5. The maximum absolute atomic E-state index is 12.9. The molecule has 0 bridgehead atoms. The number of amides is 1. The molecular weight excluding hydrogens is 424 g/mol. The van der Waals surface area contributed by atoms with Gasteiger partial charge in [0.2, 0.25) is 0 Å². The Kier molecular flexibility index (Phi) is 5.59. The number of carbonyl (C=O) groups is 1. The Labute approximate surface area is 189 Å². The Bertz CT molecular complexity index is 1270. The smallest absolute Gasteiger partial charge is 0.275 e. The van der Waals surface area contributed by atoms with E-state index < -0.39 is 0 Å². The molecule has 32 heavy (non-hydrogen) atoms. The van der Waals surface area contributed by atoms with E-state index >= 15 is 0 Å². The molecule has 1 fully saturated rings. The number of methoxy groups -OCH3 is 1. The summed E-state index contributed by atoms with van der Waals surface area (Å²) in [7, 11) is 1.58. The average Bonchev–Trinajstić information content (AvgIpc) is 3.46. The Balaban J connectivity index is 1.39. The second kappa shape index (κ2) is 8.68. The van der Waals surface area contributed by atoms with E-state index in [0.717, 1.165) is 53.4 Å². The molecule has 5 heterocycles. The van der Waals surface area contributed by atoms with Crippen LogP contribution in [0.2, 0.25) is 0 Å². The lowest BCUT2D eigenvalue weighted by atomic mass is 9.95. The van der Waals surface area contributed by atoms with E-state index in [1.165, 1.54) is 11.3 Å². The van der Waals surface area contributed by atoms with Crippen molar-refractivity contribution in [2.24, 2.45) is 0 Å². The quantitative estimate of drug-likeness (QED) is 0.481. The number of pyridine rings is 2. The van der Waals surface area contributed by atoms with Crippen LogP contribution in [0.15, 0.2) is 42.0 Å². The first-order valence-corrected chi connectivity index (χ1v) is 11.5. The van der Waals surface area contributed by atoms with Gasteiger partial charge in [-0.2, -0.15) is 5.10 Å². The van der Waals surface area contributed by atoms with Gasteiger partial charge >= 0.3 is 0 Å². The van der Waals surface area contributed by atoms with Crippen LogP contribution in [0.3, 0.4) is 0 Å². The van der Waals surface area contributed by atoms with Gasteiger partial charge in [-0.25, -0.2) is 9.50 Å². The van der Waals surface area contributed by atoms with Crippen LogP contribution in [0, 0.1) is 6.92 Å². The second-order valence-corrected chi connectivity index (χ2v) is 8.75. The highest BCUT2D eigenvalue weighted by Gasteiger charge is 2.20. The molecule has 4 aromatic rings. The van der Waals surface area contributed by atoms with Crippen LogP contribution < -0.4 is 15.4 Å². The number of anilines is 1. The third kappa shape index (κ3) is 4.09. The lowest BCUT2D eigenvalue weighted by Gasteiger charge is -2.20. The number of carbonyl (C=O) groups excluding carboxylic acids is 1. The van der Waals surface area contributed by atoms with E-state index in [-0.39, 0.29) is 5.91 Å². The van der Waals surface area contributed by atoms with Crippen LogP contribution >= 0.6 is 11.3 Å². The number of fused-ring (bicyclic) bond motifs is 1. The number of aromatic nitrogens is 4. The van der Waals surface area contributed by atoms with Crippen molar-refractivity contribution in [2.75, 3.05) is 25.5 Å². The largest absolute Gasteiger partial charge is 0.493 e. The molecule has 1 aliphatic heterocycles. The molecule has 1 saturated heterocycles. The standard InChI is InChI=1S/C23H24N6O2S/c1-14-9-16(5-8-25-14)23-27-20(13-32-23)22(30)26-19-11-17-10-18(15-3-6-24-7-4-15)28-29(17)12-21(19)31-2/h5,8-13,15,24H,3-4,6-7H2,1-2H3,(H,26,30). The monoisotopic (exact) mass is 448 g/mol. The fourth-order valence-corrected chi connectivity index (χ4v) is 4.79. The van der Waals surface area contributed by atoms with Gasteiger partial charge in [0.05, 0.1) is 30.2 Å². The number of aryl methyl sites for hydroxylation is 1. The number of hydrogen-bond donors (Lipinski definition) is 2. The zero-order valence-electron chi connectivity index (χ0n) is 18.0. The number of nitrogens with zero attached hydrogens (tertiary/aromatic N) is 4. The Morgan fingerprint density at radius 2 is 2.12 bits per heavy atom. The molecule has 5 rings (SSSR count). The summed E-state index contributed by atoms with van der Waals surface area (Å²) < 4.78 is 7.34. The molecule has 1 amide bonds. The van der Waals surface area contributed by atoms with Crippen molar-refractivity contribution in [3.63, 3.8) is 0 Å². The van der Waals surface area contributed by atoms with Crippen LogP contribution in [0.1, 0.15) is 40.6 Å². The second-order valence-electron chi connectivity index (χ2n) is 7.90. The summed E-state index contributed by atoms with van der Waals surface area (Å²) in [5.74, 6) is 0.718. The first kappa shape index (κ1) is 20.6. The van der Waals surface area contributed by atoms with Crippen molar-refractivity contribution in [3.05, 3.63) is 59.1 Å². The Morgan fingerprint density at radius 3 is 2.91 bits per heavy atom. The molecule has 2 N–H and O–H groups in total. The van der Waals surface area contributed by atoms with Gasteiger partial charge in [-0.15, -0.1) is 11.3 Å². The molecule has 0 aromatic carbocycles. The van der Waals surface area contributed by atoms with E-state index in [2.05, 4.69) is 26.7 Å². The minimum Gasteiger partial charge on any atom is -0.493 e. The number of piperidine rings is 1. The average molecular weight is 449 g/mol. The summed E-state index contributed by atoms with van der Waals surface area (Å²) >= 11 is 1.43. The summed E-state index contributed by atoms with van der Waals surface area (Å²) in [6, 6.07) is 7.84. The highest BCUT2D eigenvalue weighted by molar-refractivity contribution is 7.13. The summed E-state index contributed by atoms with van der Waals surface area (Å²) in [4.78, 5) is 21.6. The SMILES string of the molecule is COc1cn2nc(C3CCNCC3)cc2cc1NC(=O)c1csc(-c2ccnc(C)c2)n1. The molecule has 164 valence electrons. The van der Waals surface area contributed by atoms with Crippen molar-refractivity contribution in [3.8, 4) is 16.3 Å². The maximum atomic E-state index is 12.9. The third-order valence-electron chi connectivity index (χ3n) is 5.69. The highest BCUT2D eigenvalue weighted by atomic mass is 32.1. The molecular formula is C23H24N6O2S. The molecule has 0 aliphatic carbocycles. The van der Waals surface area contributed by atoms with Crippen LogP contribution in [0.4, 0.5) is 5.69 Å². The van der Waals surface area contributed by atoms with Crippen molar-refractivity contribution < 1.29 is 9.53 Å². The molecule has 0 spiro atoms. The predicted molar refractivity (Wildman–Crippen MR) is 125 cm³/mol. The Morgan fingerprint density at radius 1 is 1.28 bits per heavy atom. The van der Waals surface area contributed by atoms with Gasteiger partial charge in [0, 0.05) is 28.8 Å². The van der Waals surface area contributed by atoms with Gasteiger partial charge in [0.25, 0.3) is 5.91 Å². The maximum Gasteiger partial charge on any atom is 0.275 e. The van der Waals surface area contributed by atoms with E-state index in [9.17, 15) is 4.79 Å². The van der Waals surface area contributed by atoms with E-state index in [1.54, 1.807) is 18.7 Å². The van der Waals surface area contributed by atoms with Crippen LogP contribution in [-0.4, -0.2) is 45.7 Å². The zero-order valence-corrected chi connectivity index (χ0v) is 18.8. The van der Waals surface area contributed by atoms with E-state index in [0.29, 0.717) is 23.0 Å². The predicted octanol–water partition coefficient (Wildman–Crippen LogP) is 3.89. The first-order valence-electron chi connectivity index (χ1n) is 10.6. The van der Waals surface area contributed by atoms with Crippen LogP contribution in [-0.2, 0) is 0 Å². The molecule has 0 unspecified atom stereocenters. The van der Waals surface area contributed by atoms with E-state index in [4.69, 9.17) is 9.84 Å². The summed E-state index contributed by atoms with van der Waals surface area (Å²) in [6.45, 7) is 3.95. The number of thiazole rings is 1. The van der Waals surface area contributed by atoms with Gasteiger partial charge in [0.1, 0.15) is 10.7 Å². The topological polar surface area (TPSA) is 93.4 Å². The highest BCUT2D eigenvalue weighted by Crippen LogP contribution is 2.31. The summed E-state index contributed by atoms with van der Waals surface area (Å²) in [5, 5.41) is 13.6. The molecule has 4 aromatic heterocycles. The van der Waals surface area contributed by atoms with Crippen molar-refractivity contribution in [1.82, 2.24) is 24.9 Å². The van der Waals surface area contributed by atoms with E-state index in [1.807, 2.05) is 35.8 Å². The van der Waals surface area contributed by atoms with Gasteiger partial charge in [-0.05, 0) is 57.1 Å². The number of hydrogen-bond acceptors (Lipinski definition) is 7. The lowest BCUT2D eigenvalue weighted by Crippen LogP contribution is -2.26. The Hall–Kier alpha value is -3.30. The zero-order chi connectivity index (χ0) is 22.1. The van der Waals surface area contributed by atoms with Gasteiger partial charge in [0.15, 0.2) is 5.75 Å².